The smallest absolute Gasteiger partial charge is 0.282 e. The molecule has 2 aromatic rings. The molecule has 6 heteroatoms. The lowest BCUT2D eigenvalue weighted by Gasteiger charge is -2.22. The van der Waals surface area contributed by atoms with Crippen LogP contribution in [0.4, 0.5) is 5.69 Å². The van der Waals surface area contributed by atoms with E-state index in [0.29, 0.717) is 23.9 Å². The van der Waals surface area contributed by atoms with Crippen molar-refractivity contribution in [1.82, 2.24) is 0 Å². The van der Waals surface area contributed by atoms with Crippen molar-refractivity contribution in [2.45, 2.75) is 33.4 Å². The maximum Gasteiger partial charge on any atom is 0.282 e. The van der Waals surface area contributed by atoms with Crippen molar-refractivity contribution in [3.05, 3.63) is 52.5 Å². The summed E-state index contributed by atoms with van der Waals surface area (Å²) < 4.78 is 11.0. The number of carbonyl (C=O) groups is 1. The molecule has 0 aliphatic carbocycles. The Labute approximate surface area is 166 Å². The molecule has 2 N–H and O–H groups in total. The molecule has 1 amide bonds. The van der Waals surface area contributed by atoms with Crippen molar-refractivity contribution in [2.75, 3.05) is 26.1 Å². The normalized spacial score (nSPS) is 13.0. The van der Waals surface area contributed by atoms with E-state index < -0.39 is 0 Å². The lowest BCUT2D eigenvalue weighted by atomic mass is 10.1. The van der Waals surface area contributed by atoms with Gasteiger partial charge in [-0.1, -0.05) is 17.7 Å². The molecule has 5 nitrogen and oxygen atoms in total. The van der Waals surface area contributed by atoms with Crippen LogP contribution in [0.3, 0.4) is 0 Å². The third-order valence-corrected chi connectivity index (χ3v) is 4.84. The molecule has 0 bridgehead atoms. The molecular weight excluding hydrogens is 364 g/mol. The van der Waals surface area contributed by atoms with Gasteiger partial charge < -0.3 is 19.7 Å². The Kier molecular flexibility index (Phi) is 7.51. The summed E-state index contributed by atoms with van der Waals surface area (Å²) in [4.78, 5) is 13.7. The summed E-state index contributed by atoms with van der Waals surface area (Å²) in [5, 5.41) is 3.58. The number of benzene rings is 2. The van der Waals surface area contributed by atoms with Crippen LogP contribution in [-0.2, 0) is 11.3 Å². The van der Waals surface area contributed by atoms with E-state index in [9.17, 15) is 4.79 Å². The Morgan fingerprint density at radius 2 is 1.96 bits per heavy atom. The molecule has 1 unspecified atom stereocenters. The van der Waals surface area contributed by atoms with Crippen LogP contribution in [0.5, 0.6) is 11.5 Å². The second kappa shape index (κ2) is 9.62. The van der Waals surface area contributed by atoms with Crippen molar-refractivity contribution in [3.63, 3.8) is 0 Å². The summed E-state index contributed by atoms with van der Waals surface area (Å²) in [7, 11) is 3.62. The van der Waals surface area contributed by atoms with Gasteiger partial charge in [0.25, 0.3) is 5.91 Å². The van der Waals surface area contributed by atoms with Crippen LogP contribution < -0.4 is 19.7 Å². The van der Waals surface area contributed by atoms with E-state index in [0.717, 1.165) is 27.5 Å². The van der Waals surface area contributed by atoms with Crippen LogP contribution in [0.1, 0.15) is 25.0 Å². The summed E-state index contributed by atoms with van der Waals surface area (Å²) in [5.74, 6) is 1.38. The Hall–Kier alpha value is -2.24. The van der Waals surface area contributed by atoms with E-state index in [1.807, 2.05) is 58.2 Å². The maximum atomic E-state index is 12.7. The highest BCUT2D eigenvalue weighted by Crippen LogP contribution is 2.27. The lowest BCUT2D eigenvalue weighted by molar-refractivity contribution is -0.907. The van der Waals surface area contributed by atoms with Crippen LogP contribution in [0.2, 0.25) is 5.02 Å². The van der Waals surface area contributed by atoms with Gasteiger partial charge in [0, 0.05) is 16.3 Å². The van der Waals surface area contributed by atoms with Crippen LogP contribution in [-0.4, -0.2) is 32.7 Å². The molecule has 0 spiro atoms. The second-order valence-electron chi connectivity index (χ2n) is 6.61. The highest BCUT2D eigenvalue weighted by atomic mass is 35.5. The number of quaternary nitrogens is 1. The van der Waals surface area contributed by atoms with Gasteiger partial charge in [-0.05, 0) is 56.7 Å². The minimum atomic E-state index is -0.235. The van der Waals surface area contributed by atoms with E-state index in [1.165, 1.54) is 0 Å². The van der Waals surface area contributed by atoms with Gasteiger partial charge in [-0.2, -0.15) is 0 Å². The van der Waals surface area contributed by atoms with Crippen molar-refractivity contribution < 1.29 is 19.2 Å². The minimum Gasteiger partial charge on any atom is -0.493 e. The number of anilines is 1. The van der Waals surface area contributed by atoms with E-state index in [4.69, 9.17) is 21.1 Å². The quantitative estimate of drug-likeness (QED) is 0.727. The van der Waals surface area contributed by atoms with Gasteiger partial charge in [0.2, 0.25) is 0 Å². The van der Waals surface area contributed by atoms with Crippen LogP contribution in [0, 0.1) is 6.92 Å². The lowest BCUT2D eigenvalue weighted by Crippen LogP contribution is -3.12. The number of carbonyl (C=O) groups excluding carboxylic acids is 1. The molecular formula is C21H28ClN2O3+. The van der Waals surface area contributed by atoms with Crippen LogP contribution in [0.15, 0.2) is 36.4 Å². The topological polar surface area (TPSA) is 52.0 Å². The highest BCUT2D eigenvalue weighted by molar-refractivity contribution is 6.31. The molecule has 2 atom stereocenters. The third kappa shape index (κ3) is 5.62. The first kappa shape index (κ1) is 21.1. The number of rotatable bonds is 8. The molecule has 2 rings (SSSR count). The van der Waals surface area contributed by atoms with Crippen LogP contribution in [0.25, 0.3) is 0 Å². The van der Waals surface area contributed by atoms with Gasteiger partial charge in [0.15, 0.2) is 17.5 Å². The summed E-state index contributed by atoms with van der Waals surface area (Å²) in [5.41, 5.74) is 2.80. The molecule has 0 radical (unpaired) electrons. The summed E-state index contributed by atoms with van der Waals surface area (Å²) in [6, 6.07) is 11.1. The summed E-state index contributed by atoms with van der Waals surface area (Å²) >= 11 is 6.03. The van der Waals surface area contributed by atoms with Crippen molar-refractivity contribution >= 4 is 23.2 Å². The Morgan fingerprint density at radius 3 is 2.63 bits per heavy atom. The molecule has 0 fully saturated rings. The van der Waals surface area contributed by atoms with Crippen molar-refractivity contribution in [2.24, 2.45) is 0 Å². The zero-order valence-corrected chi connectivity index (χ0v) is 17.3. The standard InChI is InChI=1S/C21H27ClN2O3/c1-6-27-19-10-8-16(11-20(19)26-5)13-24(4)15(3)21(25)23-18-12-17(22)9-7-14(18)2/h7-12,15H,6,13H2,1-5H3,(H,23,25)/p+1/t15-/m0/s1. The highest BCUT2D eigenvalue weighted by Gasteiger charge is 2.23. The zero-order chi connectivity index (χ0) is 20.0. The summed E-state index contributed by atoms with van der Waals surface area (Å²) in [6.45, 7) is 7.07. The monoisotopic (exact) mass is 391 g/mol. The molecule has 0 aliphatic rings. The first-order valence-electron chi connectivity index (χ1n) is 9.04. The number of amides is 1. The van der Waals surface area contributed by atoms with Gasteiger partial charge >= 0.3 is 0 Å². The molecule has 2 aromatic carbocycles. The Morgan fingerprint density at radius 1 is 1.22 bits per heavy atom. The largest absolute Gasteiger partial charge is 0.493 e. The summed E-state index contributed by atoms with van der Waals surface area (Å²) in [6.07, 6.45) is 0. The van der Waals surface area contributed by atoms with Crippen molar-refractivity contribution in [3.8, 4) is 11.5 Å². The first-order valence-corrected chi connectivity index (χ1v) is 9.42. The number of halogens is 1. The SMILES string of the molecule is CCOc1ccc(C[NH+](C)[C@@H](C)C(=O)Nc2cc(Cl)ccc2C)cc1OC. The Bertz CT molecular complexity index is 795. The molecule has 0 aliphatic heterocycles. The number of ether oxygens (including phenoxy) is 2. The number of hydrogen-bond acceptors (Lipinski definition) is 3. The van der Waals surface area contributed by atoms with Gasteiger partial charge in [0.05, 0.1) is 20.8 Å². The zero-order valence-electron chi connectivity index (χ0n) is 16.6. The fourth-order valence-electron chi connectivity index (χ4n) is 2.77. The minimum absolute atomic E-state index is 0.0456. The van der Waals surface area contributed by atoms with Gasteiger partial charge in [-0.15, -0.1) is 0 Å². The number of hydrogen-bond donors (Lipinski definition) is 2. The van der Waals surface area contributed by atoms with Crippen molar-refractivity contribution in [1.29, 1.82) is 0 Å². The fraction of sp³-hybridized carbons (Fsp3) is 0.381. The molecule has 0 saturated heterocycles. The maximum absolute atomic E-state index is 12.7. The molecule has 0 heterocycles. The van der Waals surface area contributed by atoms with E-state index >= 15 is 0 Å². The second-order valence-corrected chi connectivity index (χ2v) is 7.05. The average Bonchev–Trinajstić information content (AvgIpc) is 2.65. The molecule has 0 aromatic heterocycles. The van der Waals surface area contributed by atoms with Crippen LogP contribution >= 0.6 is 11.6 Å². The number of nitrogens with one attached hydrogen (secondary N) is 2. The third-order valence-electron chi connectivity index (χ3n) is 4.60. The van der Waals surface area contributed by atoms with E-state index in [1.54, 1.807) is 13.2 Å². The van der Waals surface area contributed by atoms with E-state index in [2.05, 4.69) is 5.32 Å². The van der Waals surface area contributed by atoms with Gasteiger partial charge in [-0.25, -0.2) is 0 Å². The molecule has 27 heavy (non-hydrogen) atoms. The number of likely N-dealkylation sites (N-methyl/N-ethyl adjacent to an activating group) is 1. The average molecular weight is 392 g/mol. The van der Waals surface area contributed by atoms with Gasteiger partial charge in [0.1, 0.15) is 6.54 Å². The fourth-order valence-corrected chi connectivity index (χ4v) is 2.94. The molecule has 146 valence electrons. The first-order chi connectivity index (χ1) is 12.8. The van der Waals surface area contributed by atoms with Gasteiger partial charge in [-0.3, -0.25) is 4.79 Å². The number of methoxy groups -OCH3 is 1. The number of aryl methyl sites for hydroxylation is 1. The predicted octanol–water partition coefficient (Wildman–Crippen LogP) is 3.10. The predicted molar refractivity (Wildman–Crippen MR) is 109 cm³/mol. The van der Waals surface area contributed by atoms with E-state index in [-0.39, 0.29) is 11.9 Å². The molecule has 0 saturated carbocycles. The Balaban J connectivity index is 2.05.